The van der Waals surface area contributed by atoms with Crippen molar-refractivity contribution in [3.8, 4) is 0 Å². The van der Waals surface area contributed by atoms with Gasteiger partial charge in [0.15, 0.2) is 6.04 Å². The molecule has 1 saturated heterocycles. The van der Waals surface area contributed by atoms with Gasteiger partial charge < -0.3 is 25.6 Å². The van der Waals surface area contributed by atoms with Crippen LogP contribution >= 0.6 is 0 Å². The fraction of sp³-hybridized carbons (Fsp3) is 0.750. The summed E-state index contributed by atoms with van der Waals surface area (Å²) in [6.07, 6.45) is 0.713. The van der Waals surface area contributed by atoms with Gasteiger partial charge in [0.25, 0.3) is 0 Å². The van der Waals surface area contributed by atoms with Gasteiger partial charge >= 0.3 is 12.0 Å². The molecule has 0 aromatic rings. The maximum absolute atomic E-state index is 11.2. The topological polar surface area (TPSA) is 108 Å². The second kappa shape index (κ2) is 5.52. The van der Waals surface area contributed by atoms with Crippen LogP contribution in [0.5, 0.6) is 0 Å². The Bertz CT molecular complexity index is 239. The third kappa shape index (κ3) is 3.72. The van der Waals surface area contributed by atoms with E-state index in [1.54, 1.807) is 0 Å². The summed E-state index contributed by atoms with van der Waals surface area (Å²) in [6, 6.07) is -1.96. The monoisotopic (exact) mass is 218 g/mol. The minimum Gasteiger partial charge on any atom is -0.480 e. The van der Waals surface area contributed by atoms with Gasteiger partial charge in [-0.25, -0.2) is 9.59 Å². The number of carbonyl (C=O) groups is 2. The highest BCUT2D eigenvalue weighted by atomic mass is 16.5. The predicted molar refractivity (Wildman–Crippen MR) is 49.4 cm³/mol. The number of carboxylic acids is 1. The summed E-state index contributed by atoms with van der Waals surface area (Å²) >= 11 is 0. The Labute approximate surface area is 86.4 Å². The van der Waals surface area contributed by atoms with Crippen molar-refractivity contribution >= 4 is 12.0 Å². The molecule has 0 saturated carbocycles. The highest BCUT2D eigenvalue weighted by molar-refractivity contribution is 5.82. The smallest absolute Gasteiger partial charge is 0.328 e. The van der Waals surface area contributed by atoms with Crippen molar-refractivity contribution in [3.63, 3.8) is 0 Å². The number of hydrogen-bond acceptors (Lipinski definition) is 4. The maximum Gasteiger partial charge on any atom is 0.328 e. The third-order valence-corrected chi connectivity index (χ3v) is 2.05. The van der Waals surface area contributed by atoms with Gasteiger partial charge in [0, 0.05) is 6.61 Å². The molecule has 1 aliphatic heterocycles. The molecule has 15 heavy (non-hydrogen) atoms. The van der Waals surface area contributed by atoms with Crippen molar-refractivity contribution in [2.45, 2.75) is 18.5 Å². The van der Waals surface area contributed by atoms with E-state index in [1.807, 2.05) is 0 Å². The number of aliphatic carboxylic acids is 1. The highest BCUT2D eigenvalue weighted by Gasteiger charge is 2.22. The Balaban J connectivity index is 2.30. The van der Waals surface area contributed by atoms with E-state index in [9.17, 15) is 9.59 Å². The summed E-state index contributed by atoms with van der Waals surface area (Å²) in [5.74, 6) is -1.27. The number of aliphatic hydroxyl groups excluding tert-OH is 1. The predicted octanol–water partition coefficient (Wildman–Crippen LogP) is -1.48. The molecule has 1 heterocycles. The normalized spacial score (nSPS) is 22.1. The van der Waals surface area contributed by atoms with E-state index in [-0.39, 0.29) is 6.04 Å². The van der Waals surface area contributed by atoms with Crippen LogP contribution in [0.25, 0.3) is 0 Å². The first-order valence-electron chi connectivity index (χ1n) is 4.62. The van der Waals surface area contributed by atoms with Gasteiger partial charge in [0.2, 0.25) is 0 Å². The first-order valence-corrected chi connectivity index (χ1v) is 4.62. The summed E-state index contributed by atoms with van der Waals surface area (Å²) in [5, 5.41) is 21.9. The average Bonchev–Trinajstić information content (AvgIpc) is 2.66. The fourth-order valence-corrected chi connectivity index (χ4v) is 1.22. The van der Waals surface area contributed by atoms with Gasteiger partial charge in [0.05, 0.1) is 19.3 Å². The minimum atomic E-state index is -1.27. The number of ether oxygens (including phenoxy) is 1. The number of carbonyl (C=O) groups excluding carboxylic acids is 1. The van der Waals surface area contributed by atoms with Crippen LogP contribution in [0.1, 0.15) is 6.42 Å². The van der Waals surface area contributed by atoms with E-state index in [1.165, 1.54) is 0 Å². The first-order chi connectivity index (χ1) is 7.13. The third-order valence-electron chi connectivity index (χ3n) is 2.05. The van der Waals surface area contributed by atoms with Crippen molar-refractivity contribution in [2.24, 2.45) is 0 Å². The van der Waals surface area contributed by atoms with Crippen LogP contribution in [0.15, 0.2) is 0 Å². The SMILES string of the molecule is O=C(NC1CCOC1)N[C@H](CO)C(=O)O. The van der Waals surface area contributed by atoms with E-state index in [0.717, 1.165) is 0 Å². The zero-order valence-corrected chi connectivity index (χ0v) is 8.10. The number of carboxylic acid groups (broad SMARTS) is 1. The molecule has 1 fully saturated rings. The van der Waals surface area contributed by atoms with Crippen molar-refractivity contribution < 1.29 is 24.5 Å². The molecule has 1 rings (SSSR count). The molecule has 2 atom stereocenters. The summed E-state index contributed by atoms with van der Waals surface area (Å²) in [7, 11) is 0. The average molecular weight is 218 g/mol. The van der Waals surface area contributed by atoms with Gasteiger partial charge in [-0.3, -0.25) is 0 Å². The summed E-state index contributed by atoms with van der Waals surface area (Å²) in [4.78, 5) is 21.7. The van der Waals surface area contributed by atoms with E-state index in [0.29, 0.717) is 19.6 Å². The lowest BCUT2D eigenvalue weighted by molar-refractivity contribution is -0.140. The molecular weight excluding hydrogens is 204 g/mol. The van der Waals surface area contributed by atoms with Gasteiger partial charge in [-0.05, 0) is 6.42 Å². The van der Waals surface area contributed by atoms with Gasteiger partial charge in [0.1, 0.15) is 0 Å². The zero-order chi connectivity index (χ0) is 11.3. The molecule has 86 valence electrons. The Hall–Kier alpha value is -1.34. The Kier molecular flexibility index (Phi) is 4.32. The molecule has 7 nitrogen and oxygen atoms in total. The molecule has 7 heteroatoms. The molecule has 0 bridgehead atoms. The number of nitrogens with one attached hydrogen (secondary N) is 2. The number of urea groups is 1. The Morgan fingerprint density at radius 1 is 1.53 bits per heavy atom. The van der Waals surface area contributed by atoms with Crippen molar-refractivity contribution in [1.29, 1.82) is 0 Å². The molecule has 2 amide bonds. The van der Waals surface area contributed by atoms with Crippen LogP contribution in [0.2, 0.25) is 0 Å². The van der Waals surface area contributed by atoms with E-state index < -0.39 is 24.6 Å². The highest BCUT2D eigenvalue weighted by Crippen LogP contribution is 2.02. The molecule has 1 unspecified atom stereocenters. The van der Waals surface area contributed by atoms with Crippen LogP contribution in [-0.4, -0.2) is 54.1 Å². The Morgan fingerprint density at radius 2 is 2.27 bits per heavy atom. The largest absolute Gasteiger partial charge is 0.480 e. The lowest BCUT2D eigenvalue weighted by atomic mass is 10.2. The van der Waals surface area contributed by atoms with Crippen LogP contribution in [0.4, 0.5) is 4.79 Å². The molecule has 0 aromatic heterocycles. The first kappa shape index (κ1) is 11.7. The fourth-order valence-electron chi connectivity index (χ4n) is 1.22. The van der Waals surface area contributed by atoms with Gasteiger partial charge in [-0.1, -0.05) is 0 Å². The second-order valence-electron chi connectivity index (χ2n) is 3.25. The maximum atomic E-state index is 11.2. The summed E-state index contributed by atoms with van der Waals surface area (Å²) in [5.41, 5.74) is 0. The summed E-state index contributed by atoms with van der Waals surface area (Å²) < 4.78 is 5.03. The van der Waals surface area contributed by atoms with Crippen LogP contribution in [0.3, 0.4) is 0 Å². The number of amides is 2. The minimum absolute atomic E-state index is 0.0851. The summed E-state index contributed by atoms with van der Waals surface area (Å²) in [6.45, 7) is 0.390. The molecule has 0 aromatic carbocycles. The lowest BCUT2D eigenvalue weighted by Crippen LogP contribution is -2.50. The molecule has 0 aliphatic carbocycles. The van der Waals surface area contributed by atoms with Gasteiger partial charge in [-0.2, -0.15) is 0 Å². The van der Waals surface area contributed by atoms with Crippen molar-refractivity contribution in [2.75, 3.05) is 19.8 Å². The molecule has 1 aliphatic rings. The van der Waals surface area contributed by atoms with Gasteiger partial charge in [-0.15, -0.1) is 0 Å². The molecule has 0 spiro atoms. The molecule has 4 N–H and O–H groups in total. The zero-order valence-electron chi connectivity index (χ0n) is 8.10. The van der Waals surface area contributed by atoms with E-state index in [2.05, 4.69) is 10.6 Å². The number of aliphatic hydroxyl groups is 1. The van der Waals surface area contributed by atoms with Crippen molar-refractivity contribution in [1.82, 2.24) is 10.6 Å². The van der Waals surface area contributed by atoms with E-state index >= 15 is 0 Å². The van der Waals surface area contributed by atoms with Crippen LogP contribution in [0, 0.1) is 0 Å². The van der Waals surface area contributed by atoms with E-state index in [4.69, 9.17) is 14.9 Å². The Morgan fingerprint density at radius 3 is 2.73 bits per heavy atom. The van der Waals surface area contributed by atoms with Crippen LogP contribution < -0.4 is 10.6 Å². The van der Waals surface area contributed by atoms with Crippen LogP contribution in [-0.2, 0) is 9.53 Å². The number of rotatable bonds is 4. The molecular formula is C8H14N2O5. The lowest BCUT2D eigenvalue weighted by Gasteiger charge is -2.15. The van der Waals surface area contributed by atoms with Crippen molar-refractivity contribution in [3.05, 3.63) is 0 Å². The molecule has 0 radical (unpaired) electrons. The number of hydrogen-bond donors (Lipinski definition) is 4. The standard InChI is InChI=1S/C8H14N2O5/c11-3-6(7(12)13)10-8(14)9-5-1-2-15-4-5/h5-6,11H,1-4H2,(H,12,13)(H2,9,10,14)/t5?,6-/m1/s1. The second-order valence-corrected chi connectivity index (χ2v) is 3.25. The quantitative estimate of drug-likeness (QED) is 0.460.